The van der Waals surface area contributed by atoms with Gasteiger partial charge in [0, 0.05) is 43.0 Å². The molecule has 0 unspecified atom stereocenters. The lowest BCUT2D eigenvalue weighted by atomic mass is 9.96. The molecule has 24 heavy (non-hydrogen) atoms. The van der Waals surface area contributed by atoms with Crippen molar-refractivity contribution in [3.8, 4) is 0 Å². The van der Waals surface area contributed by atoms with E-state index in [0.717, 1.165) is 42.5 Å². The molecule has 2 fully saturated rings. The van der Waals surface area contributed by atoms with Crippen LogP contribution in [0.25, 0.3) is 0 Å². The standard InChI is InChI=1S/C18H22N4OS/c23-17(19-12-13-4-2-1-3-5-13)15-8-10-22(11-9-15)18-20-16(21-24-18)14-6-7-14/h1-5,14-15H,6-12H2,(H,19,23). The number of hydrogen-bond acceptors (Lipinski definition) is 5. The van der Waals surface area contributed by atoms with Crippen molar-refractivity contribution in [2.45, 2.75) is 38.1 Å². The Morgan fingerprint density at radius 2 is 1.92 bits per heavy atom. The molecule has 126 valence electrons. The van der Waals surface area contributed by atoms with E-state index >= 15 is 0 Å². The van der Waals surface area contributed by atoms with Gasteiger partial charge in [0.05, 0.1) is 0 Å². The normalized spacial score (nSPS) is 18.6. The van der Waals surface area contributed by atoms with Crippen molar-refractivity contribution in [3.63, 3.8) is 0 Å². The number of nitrogens with zero attached hydrogens (tertiary/aromatic N) is 3. The van der Waals surface area contributed by atoms with Crippen LogP contribution in [0.5, 0.6) is 0 Å². The highest BCUT2D eigenvalue weighted by molar-refractivity contribution is 7.09. The molecule has 1 saturated carbocycles. The molecule has 0 bridgehead atoms. The first-order valence-electron chi connectivity index (χ1n) is 8.70. The SMILES string of the molecule is O=C(NCc1ccccc1)C1CCN(c2nc(C3CC3)ns2)CC1. The number of piperidine rings is 1. The van der Waals surface area contributed by atoms with E-state index in [2.05, 4.69) is 19.6 Å². The molecule has 1 aliphatic heterocycles. The van der Waals surface area contributed by atoms with Gasteiger partial charge in [-0.3, -0.25) is 4.79 Å². The molecule has 0 radical (unpaired) electrons. The molecule has 1 aromatic heterocycles. The predicted octanol–water partition coefficient (Wildman–Crippen LogP) is 2.95. The van der Waals surface area contributed by atoms with Gasteiger partial charge in [-0.25, -0.2) is 4.98 Å². The number of carbonyl (C=O) groups excluding carboxylic acids is 1. The summed E-state index contributed by atoms with van der Waals surface area (Å²) in [4.78, 5) is 19.3. The first-order valence-corrected chi connectivity index (χ1v) is 9.47. The minimum Gasteiger partial charge on any atom is -0.352 e. The second kappa shape index (κ2) is 6.89. The van der Waals surface area contributed by atoms with Crippen LogP contribution in [0.4, 0.5) is 5.13 Å². The third kappa shape index (κ3) is 3.59. The highest BCUT2D eigenvalue weighted by Gasteiger charge is 2.30. The van der Waals surface area contributed by atoms with Gasteiger partial charge in [0.15, 0.2) is 0 Å². The van der Waals surface area contributed by atoms with Crippen LogP contribution in [0.2, 0.25) is 0 Å². The quantitative estimate of drug-likeness (QED) is 0.908. The summed E-state index contributed by atoms with van der Waals surface area (Å²) in [5.74, 6) is 1.92. The molecule has 1 amide bonds. The average molecular weight is 342 g/mol. The fraction of sp³-hybridized carbons (Fsp3) is 0.500. The van der Waals surface area contributed by atoms with E-state index in [4.69, 9.17) is 0 Å². The number of nitrogens with one attached hydrogen (secondary N) is 1. The van der Waals surface area contributed by atoms with E-state index in [9.17, 15) is 4.79 Å². The van der Waals surface area contributed by atoms with Gasteiger partial charge in [-0.1, -0.05) is 30.3 Å². The van der Waals surface area contributed by atoms with Crippen molar-refractivity contribution >= 4 is 22.6 Å². The van der Waals surface area contributed by atoms with Gasteiger partial charge < -0.3 is 10.2 Å². The van der Waals surface area contributed by atoms with E-state index in [0.29, 0.717) is 12.5 Å². The molecule has 1 N–H and O–H groups in total. The van der Waals surface area contributed by atoms with Gasteiger partial charge in [0.1, 0.15) is 5.82 Å². The smallest absolute Gasteiger partial charge is 0.223 e. The number of carbonyl (C=O) groups is 1. The van der Waals surface area contributed by atoms with Gasteiger partial charge in [0.2, 0.25) is 11.0 Å². The Morgan fingerprint density at radius 3 is 2.62 bits per heavy atom. The largest absolute Gasteiger partial charge is 0.352 e. The summed E-state index contributed by atoms with van der Waals surface area (Å²) >= 11 is 1.51. The molecule has 5 nitrogen and oxygen atoms in total. The summed E-state index contributed by atoms with van der Waals surface area (Å²) in [6.07, 6.45) is 4.25. The third-order valence-electron chi connectivity index (χ3n) is 4.82. The van der Waals surface area contributed by atoms with Crippen LogP contribution in [0.1, 0.15) is 43.0 Å². The number of rotatable bonds is 5. The van der Waals surface area contributed by atoms with Gasteiger partial charge in [-0.05, 0) is 31.2 Å². The zero-order valence-corrected chi connectivity index (χ0v) is 14.5. The van der Waals surface area contributed by atoms with Crippen molar-refractivity contribution in [1.82, 2.24) is 14.7 Å². The van der Waals surface area contributed by atoms with Crippen LogP contribution in [0, 0.1) is 5.92 Å². The molecule has 0 atom stereocenters. The lowest BCUT2D eigenvalue weighted by Gasteiger charge is -2.30. The number of aromatic nitrogens is 2. The molecular formula is C18H22N4OS. The molecule has 2 aliphatic rings. The second-order valence-corrected chi connectivity index (χ2v) is 7.40. The van der Waals surface area contributed by atoms with Crippen LogP contribution in [-0.2, 0) is 11.3 Å². The summed E-state index contributed by atoms with van der Waals surface area (Å²) in [5, 5.41) is 4.10. The molecule has 0 spiro atoms. The van der Waals surface area contributed by atoms with Crippen molar-refractivity contribution in [2.24, 2.45) is 5.92 Å². The van der Waals surface area contributed by atoms with E-state index < -0.39 is 0 Å². The van der Waals surface area contributed by atoms with E-state index in [1.807, 2.05) is 30.3 Å². The van der Waals surface area contributed by atoms with Gasteiger partial charge in [0.25, 0.3) is 0 Å². The highest BCUT2D eigenvalue weighted by Crippen LogP contribution is 2.40. The third-order valence-corrected chi connectivity index (χ3v) is 5.61. The summed E-state index contributed by atoms with van der Waals surface area (Å²) < 4.78 is 4.48. The Bertz CT molecular complexity index is 690. The summed E-state index contributed by atoms with van der Waals surface area (Å²) in [6, 6.07) is 10.1. The zero-order valence-electron chi connectivity index (χ0n) is 13.6. The Kier molecular flexibility index (Phi) is 4.47. The molecule has 1 aromatic carbocycles. The first-order chi connectivity index (χ1) is 11.8. The monoisotopic (exact) mass is 342 g/mol. The fourth-order valence-corrected chi connectivity index (χ4v) is 3.92. The van der Waals surface area contributed by atoms with Crippen LogP contribution in [-0.4, -0.2) is 28.4 Å². The molecular weight excluding hydrogens is 320 g/mol. The van der Waals surface area contributed by atoms with Crippen molar-refractivity contribution in [1.29, 1.82) is 0 Å². The maximum absolute atomic E-state index is 12.4. The van der Waals surface area contributed by atoms with Crippen LogP contribution in [0.15, 0.2) is 30.3 Å². The molecule has 2 aromatic rings. The Labute approximate surface area is 146 Å². The number of anilines is 1. The topological polar surface area (TPSA) is 58.1 Å². The lowest BCUT2D eigenvalue weighted by Crippen LogP contribution is -2.40. The molecule has 4 rings (SSSR count). The molecule has 1 saturated heterocycles. The second-order valence-electron chi connectivity index (χ2n) is 6.67. The minimum atomic E-state index is 0.112. The van der Waals surface area contributed by atoms with Crippen LogP contribution < -0.4 is 10.2 Å². The predicted molar refractivity (Wildman–Crippen MR) is 95.1 cm³/mol. The Hall–Kier alpha value is -1.95. The van der Waals surface area contributed by atoms with Gasteiger partial charge >= 0.3 is 0 Å². The molecule has 1 aliphatic carbocycles. The van der Waals surface area contributed by atoms with E-state index in [1.165, 1.54) is 24.4 Å². The van der Waals surface area contributed by atoms with Crippen molar-refractivity contribution in [3.05, 3.63) is 41.7 Å². The number of amides is 1. The molecule has 6 heteroatoms. The van der Waals surface area contributed by atoms with Crippen LogP contribution in [0.3, 0.4) is 0 Å². The summed E-state index contributed by atoms with van der Waals surface area (Å²) in [5.41, 5.74) is 1.14. The highest BCUT2D eigenvalue weighted by atomic mass is 32.1. The lowest BCUT2D eigenvalue weighted by molar-refractivity contribution is -0.125. The average Bonchev–Trinajstić information content (AvgIpc) is 3.38. The zero-order chi connectivity index (χ0) is 16.4. The number of benzene rings is 1. The maximum Gasteiger partial charge on any atom is 0.223 e. The fourth-order valence-electron chi connectivity index (χ4n) is 3.12. The Balaban J connectivity index is 1.26. The van der Waals surface area contributed by atoms with Gasteiger partial charge in [-0.15, -0.1) is 0 Å². The summed E-state index contributed by atoms with van der Waals surface area (Å²) in [6.45, 7) is 2.40. The van der Waals surface area contributed by atoms with E-state index in [-0.39, 0.29) is 11.8 Å². The van der Waals surface area contributed by atoms with Crippen molar-refractivity contribution in [2.75, 3.05) is 18.0 Å². The van der Waals surface area contributed by atoms with Crippen molar-refractivity contribution < 1.29 is 4.79 Å². The Morgan fingerprint density at radius 1 is 1.17 bits per heavy atom. The van der Waals surface area contributed by atoms with Gasteiger partial charge in [-0.2, -0.15) is 4.37 Å². The molecule has 2 heterocycles. The number of hydrogen-bond donors (Lipinski definition) is 1. The van der Waals surface area contributed by atoms with E-state index in [1.54, 1.807) is 0 Å². The first kappa shape index (κ1) is 15.6. The van der Waals surface area contributed by atoms with Crippen LogP contribution >= 0.6 is 11.5 Å². The summed E-state index contributed by atoms with van der Waals surface area (Å²) in [7, 11) is 0. The maximum atomic E-state index is 12.4. The minimum absolute atomic E-state index is 0.112.